The van der Waals surface area contributed by atoms with Gasteiger partial charge >= 0.3 is 12.1 Å². The number of benzene rings is 1. The van der Waals surface area contributed by atoms with Crippen LogP contribution >= 0.6 is 0 Å². The zero-order valence-corrected chi connectivity index (χ0v) is 12.9. The molecule has 2 amide bonds. The molecule has 22 heavy (non-hydrogen) atoms. The highest BCUT2D eigenvalue weighted by molar-refractivity contribution is 5.97. The second kappa shape index (κ2) is 8.02. The Morgan fingerprint density at radius 1 is 1.05 bits per heavy atom. The molecule has 0 heterocycles. The van der Waals surface area contributed by atoms with Crippen molar-refractivity contribution >= 4 is 18.0 Å². The smallest absolute Gasteiger partial charge is 0.413 e. The van der Waals surface area contributed by atoms with E-state index in [-0.39, 0.29) is 11.7 Å². The van der Waals surface area contributed by atoms with Crippen LogP contribution in [-0.2, 0) is 14.3 Å². The normalized spacial score (nSPS) is 11.5. The van der Waals surface area contributed by atoms with Gasteiger partial charge in [-0.3, -0.25) is 10.1 Å². The first-order chi connectivity index (χ1) is 10.3. The molecule has 1 atom stereocenters. The molecule has 0 aliphatic rings. The van der Waals surface area contributed by atoms with Crippen LogP contribution in [0.4, 0.5) is 4.79 Å². The van der Waals surface area contributed by atoms with E-state index in [0.29, 0.717) is 5.75 Å². The average Bonchev–Trinajstić information content (AvgIpc) is 2.46. The molecular weight excluding hydrogens is 290 g/mol. The van der Waals surface area contributed by atoms with Crippen LogP contribution in [0.5, 0.6) is 5.75 Å². The van der Waals surface area contributed by atoms with Crippen molar-refractivity contribution in [1.29, 1.82) is 0 Å². The van der Waals surface area contributed by atoms with Gasteiger partial charge in [-0.2, -0.15) is 0 Å². The van der Waals surface area contributed by atoms with E-state index in [1.54, 1.807) is 12.1 Å². The Morgan fingerprint density at radius 2 is 1.64 bits per heavy atom. The van der Waals surface area contributed by atoms with Gasteiger partial charge in [0.05, 0.1) is 18.8 Å². The standard InChI is InChI=1S/C15H19NO6/c1-9(2)21-12-7-5-11(6-8-12)14(18)22-10(3)13(17)16-15(19)20-4/h5-10H,1-4H3,(H,16,17,19)/t10-/m1/s1. The molecule has 1 rings (SSSR count). The zero-order chi connectivity index (χ0) is 16.7. The van der Waals surface area contributed by atoms with Gasteiger partial charge in [0.15, 0.2) is 6.10 Å². The van der Waals surface area contributed by atoms with Gasteiger partial charge in [0.1, 0.15) is 5.75 Å². The maximum atomic E-state index is 11.9. The number of nitrogens with one attached hydrogen (secondary N) is 1. The van der Waals surface area contributed by atoms with Crippen LogP contribution in [0.2, 0.25) is 0 Å². The number of hydrogen-bond donors (Lipinski definition) is 1. The van der Waals surface area contributed by atoms with Crippen LogP contribution < -0.4 is 10.1 Å². The van der Waals surface area contributed by atoms with Crippen LogP contribution in [0, 0.1) is 0 Å². The fraction of sp³-hybridized carbons (Fsp3) is 0.400. The number of hydrogen-bond acceptors (Lipinski definition) is 6. The zero-order valence-electron chi connectivity index (χ0n) is 12.9. The predicted molar refractivity (Wildman–Crippen MR) is 77.6 cm³/mol. The molecule has 1 aromatic carbocycles. The minimum Gasteiger partial charge on any atom is -0.491 e. The first kappa shape index (κ1) is 17.5. The Morgan fingerprint density at radius 3 is 2.14 bits per heavy atom. The molecule has 0 spiro atoms. The number of methoxy groups -OCH3 is 1. The molecule has 0 radical (unpaired) electrons. The van der Waals surface area contributed by atoms with Gasteiger partial charge in [0, 0.05) is 0 Å². The third-order valence-electron chi connectivity index (χ3n) is 2.53. The fourth-order valence-corrected chi connectivity index (χ4v) is 1.48. The highest BCUT2D eigenvalue weighted by atomic mass is 16.6. The van der Waals surface area contributed by atoms with Crippen LogP contribution in [0.3, 0.4) is 0 Å². The lowest BCUT2D eigenvalue weighted by Crippen LogP contribution is -2.39. The summed E-state index contributed by atoms with van der Waals surface area (Å²) in [7, 11) is 1.13. The van der Waals surface area contributed by atoms with Gasteiger partial charge in [-0.05, 0) is 45.0 Å². The third kappa shape index (κ3) is 5.43. The molecule has 7 nitrogen and oxygen atoms in total. The Balaban J connectivity index is 2.60. The van der Waals surface area contributed by atoms with E-state index >= 15 is 0 Å². The van der Waals surface area contributed by atoms with Crippen molar-refractivity contribution in [2.45, 2.75) is 33.0 Å². The summed E-state index contributed by atoms with van der Waals surface area (Å²) in [5.74, 6) is -0.813. The van der Waals surface area contributed by atoms with Crippen molar-refractivity contribution in [3.05, 3.63) is 29.8 Å². The number of carbonyl (C=O) groups is 3. The number of carbonyl (C=O) groups excluding carboxylic acids is 3. The van der Waals surface area contributed by atoms with Crippen molar-refractivity contribution in [3.63, 3.8) is 0 Å². The lowest BCUT2D eigenvalue weighted by atomic mass is 10.2. The number of alkyl carbamates (subject to hydrolysis) is 1. The number of ether oxygens (including phenoxy) is 3. The molecule has 1 N–H and O–H groups in total. The average molecular weight is 309 g/mol. The highest BCUT2D eigenvalue weighted by Gasteiger charge is 2.21. The lowest BCUT2D eigenvalue weighted by molar-refractivity contribution is -0.128. The summed E-state index contributed by atoms with van der Waals surface area (Å²) < 4.78 is 14.7. The van der Waals surface area contributed by atoms with Crippen molar-refractivity contribution < 1.29 is 28.6 Å². The Bertz CT molecular complexity index is 537. The van der Waals surface area contributed by atoms with E-state index < -0.39 is 24.1 Å². The minimum atomic E-state index is -1.13. The number of esters is 1. The summed E-state index contributed by atoms with van der Waals surface area (Å²) in [4.78, 5) is 34.3. The first-order valence-corrected chi connectivity index (χ1v) is 6.70. The number of imide groups is 1. The summed E-state index contributed by atoms with van der Waals surface area (Å²) >= 11 is 0. The summed E-state index contributed by atoms with van der Waals surface area (Å²) in [6.07, 6.45) is -2.01. The van der Waals surface area contributed by atoms with Crippen LogP contribution in [0.1, 0.15) is 31.1 Å². The van der Waals surface area contributed by atoms with Crippen molar-refractivity contribution in [2.24, 2.45) is 0 Å². The highest BCUT2D eigenvalue weighted by Crippen LogP contribution is 2.15. The number of rotatable bonds is 5. The van der Waals surface area contributed by atoms with Gasteiger partial charge in [-0.25, -0.2) is 9.59 Å². The van der Waals surface area contributed by atoms with Crippen molar-refractivity contribution in [1.82, 2.24) is 5.32 Å². The Kier molecular flexibility index (Phi) is 6.37. The predicted octanol–water partition coefficient (Wildman–Crippen LogP) is 1.90. The molecule has 0 bridgehead atoms. The molecule has 7 heteroatoms. The molecule has 1 aromatic rings. The third-order valence-corrected chi connectivity index (χ3v) is 2.53. The molecule has 0 saturated carbocycles. The Hall–Kier alpha value is -2.57. The topological polar surface area (TPSA) is 90.9 Å². The van der Waals surface area contributed by atoms with E-state index in [9.17, 15) is 14.4 Å². The summed E-state index contributed by atoms with van der Waals surface area (Å²) in [6, 6.07) is 6.33. The molecule has 0 aromatic heterocycles. The summed E-state index contributed by atoms with van der Waals surface area (Å²) in [5, 5.41) is 1.92. The van der Waals surface area contributed by atoms with Crippen LogP contribution in [-0.4, -0.2) is 37.3 Å². The van der Waals surface area contributed by atoms with E-state index in [0.717, 1.165) is 7.11 Å². The van der Waals surface area contributed by atoms with Gasteiger partial charge in [-0.15, -0.1) is 0 Å². The molecule has 0 saturated heterocycles. The second-order valence-electron chi connectivity index (χ2n) is 4.72. The fourth-order valence-electron chi connectivity index (χ4n) is 1.48. The van der Waals surface area contributed by atoms with Crippen molar-refractivity contribution in [2.75, 3.05) is 7.11 Å². The van der Waals surface area contributed by atoms with Gasteiger partial charge in [-0.1, -0.05) is 0 Å². The molecule has 120 valence electrons. The Labute approximate surface area is 128 Å². The van der Waals surface area contributed by atoms with E-state index in [1.165, 1.54) is 19.1 Å². The minimum absolute atomic E-state index is 0.0276. The summed E-state index contributed by atoms with van der Waals surface area (Å²) in [5.41, 5.74) is 0.272. The molecule has 0 aliphatic carbocycles. The number of amides is 2. The van der Waals surface area contributed by atoms with E-state index in [2.05, 4.69) is 4.74 Å². The molecular formula is C15H19NO6. The van der Waals surface area contributed by atoms with E-state index in [1.807, 2.05) is 19.2 Å². The quantitative estimate of drug-likeness (QED) is 0.835. The molecule has 0 fully saturated rings. The monoisotopic (exact) mass is 309 g/mol. The van der Waals surface area contributed by atoms with Gasteiger partial charge in [0.25, 0.3) is 5.91 Å². The molecule has 0 aliphatic heterocycles. The lowest BCUT2D eigenvalue weighted by Gasteiger charge is -2.13. The van der Waals surface area contributed by atoms with Gasteiger partial charge < -0.3 is 14.2 Å². The van der Waals surface area contributed by atoms with Crippen LogP contribution in [0.15, 0.2) is 24.3 Å². The van der Waals surface area contributed by atoms with E-state index in [4.69, 9.17) is 9.47 Å². The van der Waals surface area contributed by atoms with Crippen molar-refractivity contribution in [3.8, 4) is 5.75 Å². The SMILES string of the molecule is COC(=O)NC(=O)[C@@H](C)OC(=O)c1ccc(OC(C)C)cc1. The second-order valence-corrected chi connectivity index (χ2v) is 4.72. The maximum absolute atomic E-state index is 11.9. The summed E-state index contributed by atoms with van der Waals surface area (Å²) in [6.45, 7) is 5.14. The molecule has 0 unspecified atom stereocenters. The van der Waals surface area contributed by atoms with Crippen LogP contribution in [0.25, 0.3) is 0 Å². The maximum Gasteiger partial charge on any atom is 0.413 e. The largest absolute Gasteiger partial charge is 0.491 e. The van der Waals surface area contributed by atoms with Gasteiger partial charge in [0.2, 0.25) is 0 Å². The first-order valence-electron chi connectivity index (χ1n) is 6.70.